The molecular weight excluding hydrogens is 367 g/mol. The lowest BCUT2D eigenvalue weighted by Gasteiger charge is -2.41. The van der Waals surface area contributed by atoms with E-state index in [-0.39, 0.29) is 24.5 Å². The first-order valence-electron chi connectivity index (χ1n) is 8.44. The van der Waals surface area contributed by atoms with E-state index >= 15 is 0 Å². The Morgan fingerprint density at radius 1 is 1.30 bits per heavy atom. The van der Waals surface area contributed by atoms with Crippen molar-refractivity contribution in [1.82, 2.24) is 9.88 Å². The summed E-state index contributed by atoms with van der Waals surface area (Å²) in [6.07, 6.45) is -4.39. The van der Waals surface area contributed by atoms with E-state index in [4.69, 9.17) is 9.47 Å². The van der Waals surface area contributed by atoms with Gasteiger partial charge in [-0.1, -0.05) is 0 Å². The number of aromatic nitrogens is 1. The van der Waals surface area contributed by atoms with Crippen molar-refractivity contribution in [3.8, 4) is 0 Å². The second-order valence-corrected chi connectivity index (χ2v) is 7.46. The molecule has 0 aromatic carbocycles. The molecule has 3 heterocycles. The molecule has 3 rings (SSSR count). The van der Waals surface area contributed by atoms with Crippen LogP contribution in [0.1, 0.15) is 36.7 Å². The minimum Gasteiger partial charge on any atom is -0.460 e. The Morgan fingerprint density at radius 3 is 2.63 bits per heavy atom. The topological polar surface area (TPSA) is 72.0 Å². The molecule has 2 aliphatic rings. The Bertz CT molecular complexity index is 761. The van der Waals surface area contributed by atoms with Gasteiger partial charge in [0.25, 0.3) is 0 Å². The molecule has 1 atom stereocenters. The number of fused-ring (bicyclic) bond motifs is 3. The molecule has 148 valence electrons. The zero-order chi connectivity index (χ0) is 20.0. The normalized spacial score (nSPS) is 20.4. The van der Waals surface area contributed by atoms with Crippen molar-refractivity contribution in [2.24, 2.45) is 0 Å². The lowest BCUT2D eigenvalue weighted by molar-refractivity contribution is -0.137. The largest absolute Gasteiger partial charge is 0.460 e. The number of pyridine rings is 1. The van der Waals surface area contributed by atoms with Gasteiger partial charge in [0, 0.05) is 25.8 Å². The minimum absolute atomic E-state index is 0.0597. The first-order chi connectivity index (χ1) is 12.5. The van der Waals surface area contributed by atoms with Crippen LogP contribution in [-0.2, 0) is 15.7 Å². The highest BCUT2D eigenvalue weighted by Gasteiger charge is 2.39. The molecule has 1 amide bonds. The first-order valence-corrected chi connectivity index (χ1v) is 8.44. The third-order valence-corrected chi connectivity index (χ3v) is 4.23. The van der Waals surface area contributed by atoms with Gasteiger partial charge >= 0.3 is 18.2 Å². The van der Waals surface area contributed by atoms with Gasteiger partial charge in [0.05, 0.1) is 11.6 Å². The summed E-state index contributed by atoms with van der Waals surface area (Å²) in [5.74, 6) is -0.721. The van der Waals surface area contributed by atoms with Crippen molar-refractivity contribution in [1.29, 1.82) is 0 Å². The molecule has 0 bridgehead atoms. The van der Waals surface area contributed by atoms with E-state index in [1.165, 1.54) is 4.90 Å². The molecule has 1 aromatic heterocycles. The summed E-state index contributed by atoms with van der Waals surface area (Å²) in [5.41, 5.74) is -1.88. The molecule has 7 nitrogen and oxygen atoms in total. The number of nitrogens with zero attached hydrogens (tertiary/aromatic N) is 3. The maximum absolute atomic E-state index is 12.9. The van der Waals surface area contributed by atoms with Crippen molar-refractivity contribution >= 4 is 17.9 Å². The third kappa shape index (κ3) is 4.09. The molecule has 0 aliphatic carbocycles. The van der Waals surface area contributed by atoms with E-state index < -0.39 is 35.4 Å². The third-order valence-electron chi connectivity index (χ3n) is 4.23. The number of carbonyl (C=O) groups excluding carboxylic acids is 2. The monoisotopic (exact) mass is 387 g/mol. The number of rotatable bonds is 0. The molecule has 0 unspecified atom stereocenters. The van der Waals surface area contributed by atoms with E-state index in [0.717, 1.165) is 6.07 Å². The SMILES string of the molecule is CC(C)(C)OC(=O)N1CCN2c3ncc(C(F)(F)F)cc3C(=O)OC[C@@H]2C1. The van der Waals surface area contributed by atoms with Crippen LogP contribution in [0.4, 0.5) is 23.8 Å². The number of hydrogen-bond donors (Lipinski definition) is 0. The number of alkyl halides is 3. The molecule has 0 spiro atoms. The molecule has 1 aromatic rings. The average molecular weight is 387 g/mol. The van der Waals surface area contributed by atoms with Gasteiger partial charge in [-0.15, -0.1) is 0 Å². The van der Waals surface area contributed by atoms with Crippen molar-refractivity contribution in [3.05, 3.63) is 23.4 Å². The van der Waals surface area contributed by atoms with E-state index in [1.807, 2.05) is 0 Å². The summed E-state index contributed by atoms with van der Waals surface area (Å²) in [5, 5.41) is 0. The highest BCUT2D eigenvalue weighted by molar-refractivity contribution is 5.95. The predicted molar refractivity (Wildman–Crippen MR) is 88.5 cm³/mol. The number of halogens is 3. The molecular formula is C17H20F3N3O4. The Morgan fingerprint density at radius 2 is 2.00 bits per heavy atom. The van der Waals surface area contributed by atoms with E-state index in [2.05, 4.69) is 4.98 Å². The number of piperazine rings is 1. The van der Waals surface area contributed by atoms with Crippen LogP contribution in [-0.4, -0.2) is 59.8 Å². The number of ether oxygens (including phenoxy) is 2. The summed E-state index contributed by atoms with van der Waals surface area (Å²) in [7, 11) is 0. The number of anilines is 1. The van der Waals surface area contributed by atoms with Gasteiger partial charge in [-0.05, 0) is 26.8 Å². The maximum Gasteiger partial charge on any atom is 0.417 e. The van der Waals surface area contributed by atoms with Crippen LogP contribution in [0.15, 0.2) is 12.3 Å². The maximum atomic E-state index is 12.9. The summed E-state index contributed by atoms with van der Waals surface area (Å²) in [6.45, 7) is 6.01. The van der Waals surface area contributed by atoms with E-state index in [1.54, 1.807) is 25.7 Å². The van der Waals surface area contributed by atoms with Crippen LogP contribution in [0.3, 0.4) is 0 Å². The Labute approximate surface area is 154 Å². The number of hydrogen-bond acceptors (Lipinski definition) is 6. The van der Waals surface area contributed by atoms with Gasteiger partial charge in [0.2, 0.25) is 0 Å². The predicted octanol–water partition coefficient (Wildman–Crippen LogP) is 2.70. The van der Waals surface area contributed by atoms with Gasteiger partial charge in [0.1, 0.15) is 23.6 Å². The molecule has 2 aliphatic heterocycles. The quantitative estimate of drug-likeness (QED) is 0.638. The highest BCUT2D eigenvalue weighted by Crippen LogP contribution is 2.34. The second kappa shape index (κ2) is 6.58. The van der Waals surface area contributed by atoms with Crippen molar-refractivity contribution < 1.29 is 32.2 Å². The van der Waals surface area contributed by atoms with Crippen molar-refractivity contribution in [3.63, 3.8) is 0 Å². The highest BCUT2D eigenvalue weighted by atomic mass is 19.4. The fourth-order valence-electron chi connectivity index (χ4n) is 3.01. The smallest absolute Gasteiger partial charge is 0.417 e. The van der Waals surface area contributed by atoms with E-state index in [0.29, 0.717) is 19.3 Å². The standard InChI is InChI=1S/C17H20F3N3O4/c1-16(2,3)27-15(25)22-4-5-23-11(8-22)9-26-14(24)12-6-10(17(18,19)20)7-21-13(12)23/h6-7,11H,4-5,8-9H2,1-3H3/t11-/m0/s1. The molecule has 1 fully saturated rings. The number of cyclic esters (lactones) is 1. The number of carbonyl (C=O) groups is 2. The molecule has 27 heavy (non-hydrogen) atoms. The number of esters is 1. The molecule has 10 heteroatoms. The van der Waals surface area contributed by atoms with Crippen LogP contribution >= 0.6 is 0 Å². The molecule has 0 radical (unpaired) electrons. The van der Waals surface area contributed by atoms with Gasteiger partial charge in [0.15, 0.2) is 0 Å². The van der Waals surface area contributed by atoms with Crippen LogP contribution in [0.2, 0.25) is 0 Å². The Balaban J connectivity index is 1.84. The van der Waals surface area contributed by atoms with Gasteiger partial charge in [-0.25, -0.2) is 14.6 Å². The second-order valence-electron chi connectivity index (χ2n) is 7.46. The molecule has 1 saturated heterocycles. The molecule has 0 saturated carbocycles. The van der Waals surface area contributed by atoms with Gasteiger partial charge in [-0.3, -0.25) is 0 Å². The lowest BCUT2D eigenvalue weighted by atomic mass is 10.1. The zero-order valence-corrected chi connectivity index (χ0v) is 15.2. The fraction of sp³-hybridized carbons (Fsp3) is 0.588. The number of amides is 1. The summed E-state index contributed by atoms with van der Waals surface area (Å²) in [6, 6.07) is 0.341. The lowest BCUT2D eigenvalue weighted by Crippen LogP contribution is -2.57. The van der Waals surface area contributed by atoms with Crippen LogP contribution in [0.25, 0.3) is 0 Å². The van der Waals surface area contributed by atoms with Gasteiger partial charge in [-0.2, -0.15) is 13.2 Å². The molecule has 0 N–H and O–H groups in total. The summed E-state index contributed by atoms with van der Waals surface area (Å²) >= 11 is 0. The van der Waals surface area contributed by atoms with Crippen LogP contribution in [0, 0.1) is 0 Å². The fourth-order valence-corrected chi connectivity index (χ4v) is 3.01. The Hall–Kier alpha value is -2.52. The van der Waals surface area contributed by atoms with Gasteiger partial charge < -0.3 is 19.3 Å². The average Bonchev–Trinajstić information content (AvgIpc) is 2.69. The first kappa shape index (κ1) is 19.2. The van der Waals surface area contributed by atoms with Crippen molar-refractivity contribution in [2.45, 2.75) is 38.6 Å². The van der Waals surface area contributed by atoms with Crippen molar-refractivity contribution in [2.75, 3.05) is 31.1 Å². The van der Waals surface area contributed by atoms with E-state index in [9.17, 15) is 22.8 Å². The zero-order valence-electron chi connectivity index (χ0n) is 15.2. The Kier molecular flexibility index (Phi) is 4.69. The summed E-state index contributed by atoms with van der Waals surface area (Å²) in [4.78, 5) is 31.5. The van der Waals surface area contributed by atoms with Crippen LogP contribution < -0.4 is 4.90 Å². The van der Waals surface area contributed by atoms with Crippen LogP contribution in [0.5, 0.6) is 0 Å². The minimum atomic E-state index is -4.61. The summed E-state index contributed by atoms with van der Waals surface area (Å²) < 4.78 is 49.3.